The number of ether oxygens (including phenoxy) is 1. The lowest BCUT2D eigenvalue weighted by Crippen LogP contribution is -2.51. The molecule has 7 nitrogen and oxygen atoms in total. The van der Waals surface area contributed by atoms with Gasteiger partial charge >= 0.3 is 12.1 Å². The van der Waals surface area contributed by atoms with E-state index in [9.17, 15) is 19.5 Å². The summed E-state index contributed by atoms with van der Waals surface area (Å²) < 4.78 is 5.13. The van der Waals surface area contributed by atoms with Crippen molar-refractivity contribution in [2.24, 2.45) is 0 Å². The van der Waals surface area contributed by atoms with Crippen molar-refractivity contribution in [3.05, 3.63) is 35.9 Å². The minimum atomic E-state index is -1.08. The van der Waals surface area contributed by atoms with Gasteiger partial charge in [0, 0.05) is 0 Å². The molecule has 3 N–H and O–H groups in total. The monoisotopic (exact) mass is 364 g/mol. The number of nitrogens with one attached hydrogen (secondary N) is 2. The Labute approximate surface area is 154 Å². The number of carboxylic acids is 1. The van der Waals surface area contributed by atoms with Crippen LogP contribution in [0.3, 0.4) is 0 Å². The lowest BCUT2D eigenvalue weighted by molar-refractivity contribution is -0.142. The van der Waals surface area contributed by atoms with Crippen LogP contribution in [0.2, 0.25) is 0 Å². The number of alkyl carbamates (subject to hydrolysis) is 1. The number of hydrogen-bond acceptors (Lipinski definition) is 4. The Morgan fingerprint density at radius 2 is 1.69 bits per heavy atom. The summed E-state index contributed by atoms with van der Waals surface area (Å²) in [4.78, 5) is 35.6. The molecule has 0 radical (unpaired) electrons. The summed E-state index contributed by atoms with van der Waals surface area (Å²) in [7, 11) is 0. The molecule has 0 bridgehead atoms. The van der Waals surface area contributed by atoms with Crippen LogP contribution in [0.5, 0.6) is 0 Å². The summed E-state index contributed by atoms with van der Waals surface area (Å²) in [6.45, 7) is 3.93. The van der Waals surface area contributed by atoms with Crippen LogP contribution in [0.1, 0.15) is 51.5 Å². The first-order valence-electron chi connectivity index (χ1n) is 8.98. The van der Waals surface area contributed by atoms with E-state index in [1.165, 1.54) is 0 Å². The van der Waals surface area contributed by atoms with Gasteiger partial charge in [-0.2, -0.15) is 0 Å². The standard InChI is InChI=1S/C19H28N2O5/c1-3-5-12-16(18(23)24)20-17(22)15(9-4-2)21-19(25)26-13-14-10-7-6-8-11-14/h6-8,10-11,15-16H,3-5,9,12-13H2,1-2H3,(H,20,22)(H,21,25)(H,23,24)/t15-,16+/m1/s1. The number of amides is 2. The van der Waals surface area contributed by atoms with Crippen LogP contribution < -0.4 is 10.6 Å². The predicted molar refractivity (Wildman–Crippen MR) is 97.6 cm³/mol. The number of carbonyl (C=O) groups excluding carboxylic acids is 2. The van der Waals surface area contributed by atoms with Gasteiger partial charge in [-0.25, -0.2) is 9.59 Å². The second-order valence-corrected chi connectivity index (χ2v) is 6.09. The van der Waals surface area contributed by atoms with E-state index in [1.54, 1.807) is 0 Å². The van der Waals surface area contributed by atoms with Crippen molar-refractivity contribution in [3.63, 3.8) is 0 Å². The Bertz CT molecular complexity index is 577. The molecule has 1 aromatic rings. The molecule has 0 unspecified atom stereocenters. The maximum absolute atomic E-state index is 12.4. The maximum atomic E-state index is 12.4. The lowest BCUT2D eigenvalue weighted by Gasteiger charge is -2.21. The first kappa shape index (κ1) is 21.5. The van der Waals surface area contributed by atoms with E-state index in [0.717, 1.165) is 12.0 Å². The first-order valence-corrected chi connectivity index (χ1v) is 8.98. The number of aliphatic carboxylic acids is 1. The van der Waals surface area contributed by atoms with Gasteiger partial charge in [0.1, 0.15) is 18.7 Å². The van der Waals surface area contributed by atoms with Gasteiger partial charge in [-0.3, -0.25) is 4.79 Å². The van der Waals surface area contributed by atoms with Gasteiger partial charge in [-0.1, -0.05) is 63.4 Å². The molecule has 2 amide bonds. The van der Waals surface area contributed by atoms with Gasteiger partial charge in [0.05, 0.1) is 0 Å². The van der Waals surface area contributed by atoms with Gasteiger partial charge < -0.3 is 20.5 Å². The molecule has 0 aliphatic rings. The van der Waals surface area contributed by atoms with Crippen LogP contribution in [-0.2, 0) is 20.9 Å². The zero-order valence-corrected chi connectivity index (χ0v) is 15.4. The Kier molecular flexibility index (Phi) is 9.82. The third kappa shape index (κ3) is 8.00. The first-order chi connectivity index (χ1) is 12.5. The average Bonchev–Trinajstić information content (AvgIpc) is 2.63. The van der Waals surface area contributed by atoms with Crippen LogP contribution in [0.4, 0.5) is 4.79 Å². The van der Waals surface area contributed by atoms with Crippen LogP contribution in [0.25, 0.3) is 0 Å². The van der Waals surface area contributed by atoms with Gasteiger partial charge in [0.25, 0.3) is 0 Å². The van der Waals surface area contributed by atoms with E-state index in [0.29, 0.717) is 25.7 Å². The second kappa shape index (κ2) is 11.9. The third-order valence-corrected chi connectivity index (χ3v) is 3.86. The molecular formula is C19H28N2O5. The molecular weight excluding hydrogens is 336 g/mol. The second-order valence-electron chi connectivity index (χ2n) is 6.09. The van der Waals surface area contributed by atoms with Crippen molar-refractivity contribution in [3.8, 4) is 0 Å². The number of carboxylic acid groups (broad SMARTS) is 1. The predicted octanol–water partition coefficient (Wildman–Crippen LogP) is 2.84. The highest BCUT2D eigenvalue weighted by atomic mass is 16.5. The fourth-order valence-corrected chi connectivity index (χ4v) is 2.40. The van der Waals surface area contributed by atoms with Gasteiger partial charge in [0.2, 0.25) is 5.91 Å². The molecule has 26 heavy (non-hydrogen) atoms. The molecule has 1 rings (SSSR count). The third-order valence-electron chi connectivity index (χ3n) is 3.86. The van der Waals surface area contributed by atoms with E-state index in [-0.39, 0.29) is 6.61 Å². The molecule has 0 aliphatic heterocycles. The molecule has 0 saturated heterocycles. The fraction of sp³-hybridized carbons (Fsp3) is 0.526. The summed E-state index contributed by atoms with van der Waals surface area (Å²) in [6, 6.07) is 7.42. The molecule has 0 fully saturated rings. The lowest BCUT2D eigenvalue weighted by atomic mass is 10.1. The van der Waals surface area contributed by atoms with Crippen LogP contribution in [-0.4, -0.2) is 35.2 Å². The quantitative estimate of drug-likeness (QED) is 0.560. The Morgan fingerprint density at radius 1 is 1.00 bits per heavy atom. The fourth-order valence-electron chi connectivity index (χ4n) is 2.40. The Hall–Kier alpha value is -2.57. The highest BCUT2D eigenvalue weighted by molar-refractivity contribution is 5.89. The Balaban J connectivity index is 2.57. The smallest absolute Gasteiger partial charge is 0.408 e. The minimum Gasteiger partial charge on any atom is -0.480 e. The summed E-state index contributed by atoms with van der Waals surface area (Å²) in [5.41, 5.74) is 0.838. The number of rotatable bonds is 11. The molecule has 0 saturated carbocycles. The highest BCUT2D eigenvalue weighted by Crippen LogP contribution is 2.05. The van der Waals surface area contributed by atoms with E-state index in [4.69, 9.17) is 4.74 Å². The summed E-state index contributed by atoms with van der Waals surface area (Å²) >= 11 is 0. The SMILES string of the molecule is CCCC[C@H](NC(=O)[C@@H](CCC)NC(=O)OCc1ccccc1)C(=O)O. The highest BCUT2D eigenvalue weighted by Gasteiger charge is 2.26. The van der Waals surface area contributed by atoms with Crippen molar-refractivity contribution in [2.75, 3.05) is 0 Å². The molecule has 2 atom stereocenters. The molecule has 144 valence electrons. The number of unbranched alkanes of at least 4 members (excludes halogenated alkanes) is 1. The maximum Gasteiger partial charge on any atom is 0.408 e. The summed E-state index contributed by atoms with van der Waals surface area (Å²) in [5.74, 6) is -1.58. The van der Waals surface area contributed by atoms with Crippen molar-refractivity contribution in [2.45, 2.75) is 64.6 Å². The van der Waals surface area contributed by atoms with E-state index >= 15 is 0 Å². The van der Waals surface area contributed by atoms with Crippen molar-refractivity contribution in [1.82, 2.24) is 10.6 Å². The zero-order valence-electron chi connectivity index (χ0n) is 15.4. The molecule has 1 aromatic carbocycles. The van der Waals surface area contributed by atoms with Crippen molar-refractivity contribution >= 4 is 18.0 Å². The number of carbonyl (C=O) groups is 3. The molecule has 0 aliphatic carbocycles. The summed E-state index contributed by atoms with van der Waals surface area (Å²) in [5, 5.41) is 14.3. The average molecular weight is 364 g/mol. The minimum absolute atomic E-state index is 0.0986. The van der Waals surface area contributed by atoms with Crippen LogP contribution in [0, 0.1) is 0 Å². The zero-order chi connectivity index (χ0) is 19.4. The summed E-state index contributed by atoms with van der Waals surface area (Å²) in [6.07, 6.45) is 2.23. The molecule has 0 heterocycles. The number of benzene rings is 1. The van der Waals surface area contributed by atoms with Crippen molar-refractivity contribution in [1.29, 1.82) is 0 Å². The molecule has 7 heteroatoms. The van der Waals surface area contributed by atoms with E-state index in [1.807, 2.05) is 44.2 Å². The topological polar surface area (TPSA) is 105 Å². The normalized spacial score (nSPS) is 12.7. The molecule has 0 spiro atoms. The van der Waals surface area contributed by atoms with E-state index < -0.39 is 30.1 Å². The van der Waals surface area contributed by atoms with Crippen LogP contribution >= 0.6 is 0 Å². The van der Waals surface area contributed by atoms with Gasteiger partial charge in [-0.15, -0.1) is 0 Å². The molecule has 0 aromatic heterocycles. The Morgan fingerprint density at radius 3 is 2.27 bits per heavy atom. The van der Waals surface area contributed by atoms with Gasteiger partial charge in [-0.05, 0) is 18.4 Å². The largest absolute Gasteiger partial charge is 0.480 e. The van der Waals surface area contributed by atoms with Gasteiger partial charge in [0.15, 0.2) is 0 Å². The van der Waals surface area contributed by atoms with Crippen molar-refractivity contribution < 1.29 is 24.2 Å². The van der Waals surface area contributed by atoms with Crippen LogP contribution in [0.15, 0.2) is 30.3 Å². The number of hydrogen-bond donors (Lipinski definition) is 3. The van der Waals surface area contributed by atoms with E-state index in [2.05, 4.69) is 10.6 Å².